The molecule has 1 saturated heterocycles. The summed E-state index contributed by atoms with van der Waals surface area (Å²) < 4.78 is 17.6. The first-order valence-corrected chi connectivity index (χ1v) is 11.2. The minimum absolute atomic E-state index is 0.190. The van der Waals surface area contributed by atoms with E-state index >= 15 is 0 Å². The van der Waals surface area contributed by atoms with Crippen molar-refractivity contribution in [1.29, 1.82) is 0 Å². The number of nitrogens with one attached hydrogen (secondary N) is 2. The minimum atomic E-state index is -0.849. The fourth-order valence-corrected chi connectivity index (χ4v) is 3.74. The molecule has 0 unspecified atom stereocenters. The van der Waals surface area contributed by atoms with Crippen molar-refractivity contribution in [2.75, 3.05) is 20.3 Å². The second kappa shape index (κ2) is 11.0. The summed E-state index contributed by atoms with van der Waals surface area (Å²) in [6, 6.07) is 10.5. The second-order valence-corrected chi connectivity index (χ2v) is 8.26. The first-order valence-electron chi connectivity index (χ1n) is 10.4. The molecule has 0 spiro atoms. The maximum absolute atomic E-state index is 11.9. The van der Waals surface area contributed by atoms with Gasteiger partial charge in [0.25, 0.3) is 11.8 Å². The molecule has 8 nitrogen and oxygen atoms in total. The Kier molecular flexibility index (Phi) is 8.11. The van der Waals surface area contributed by atoms with Crippen molar-refractivity contribution in [3.05, 3.63) is 57.6 Å². The third-order valence-electron chi connectivity index (χ3n) is 5.17. The molecule has 1 aliphatic heterocycles. The van der Waals surface area contributed by atoms with Gasteiger partial charge in [-0.1, -0.05) is 26.0 Å². The van der Waals surface area contributed by atoms with Gasteiger partial charge in [-0.15, -0.1) is 0 Å². The third-order valence-corrected chi connectivity index (χ3v) is 5.76. The highest BCUT2D eigenvalue weighted by atomic mass is 79.9. The zero-order chi connectivity index (χ0) is 24.0. The fraction of sp³-hybridized carbons (Fsp3) is 0.292. The van der Waals surface area contributed by atoms with Crippen molar-refractivity contribution >= 4 is 39.9 Å². The number of barbiturate groups is 1. The van der Waals surface area contributed by atoms with Crippen LogP contribution in [0.2, 0.25) is 0 Å². The number of methoxy groups -OCH3 is 1. The van der Waals surface area contributed by atoms with Gasteiger partial charge in [-0.3, -0.25) is 20.2 Å². The van der Waals surface area contributed by atoms with Gasteiger partial charge in [-0.25, -0.2) is 4.79 Å². The number of rotatable bonds is 9. The van der Waals surface area contributed by atoms with Crippen LogP contribution in [-0.4, -0.2) is 38.2 Å². The number of carbonyl (C=O) groups excluding carboxylic acids is 3. The molecule has 0 aliphatic carbocycles. The van der Waals surface area contributed by atoms with Gasteiger partial charge in [0.2, 0.25) is 0 Å². The molecule has 1 heterocycles. The summed E-state index contributed by atoms with van der Waals surface area (Å²) in [7, 11) is 1.49. The van der Waals surface area contributed by atoms with Crippen LogP contribution >= 0.6 is 15.9 Å². The van der Waals surface area contributed by atoms with Crippen molar-refractivity contribution in [2.24, 2.45) is 0 Å². The zero-order valence-corrected chi connectivity index (χ0v) is 20.2. The first kappa shape index (κ1) is 24.3. The molecule has 2 N–H and O–H groups in total. The van der Waals surface area contributed by atoms with E-state index in [1.165, 1.54) is 18.7 Å². The quantitative estimate of drug-likeness (QED) is 0.294. The molecule has 0 saturated carbocycles. The van der Waals surface area contributed by atoms with Crippen LogP contribution in [0, 0.1) is 0 Å². The van der Waals surface area contributed by atoms with Crippen LogP contribution in [0.25, 0.3) is 6.08 Å². The number of carbonyl (C=O) groups is 3. The van der Waals surface area contributed by atoms with Crippen molar-refractivity contribution in [2.45, 2.75) is 26.2 Å². The number of benzene rings is 2. The molecular weight excluding hydrogens is 492 g/mol. The predicted molar refractivity (Wildman–Crippen MR) is 126 cm³/mol. The van der Waals surface area contributed by atoms with Gasteiger partial charge in [-0.2, -0.15) is 0 Å². The van der Waals surface area contributed by atoms with Crippen molar-refractivity contribution < 1.29 is 28.6 Å². The Hall–Kier alpha value is -3.33. The molecule has 3 rings (SSSR count). The van der Waals surface area contributed by atoms with Gasteiger partial charge in [0.1, 0.15) is 24.5 Å². The largest absolute Gasteiger partial charge is 0.493 e. The molecule has 2 aromatic carbocycles. The van der Waals surface area contributed by atoms with E-state index in [1.54, 1.807) is 12.1 Å². The lowest BCUT2D eigenvalue weighted by molar-refractivity contribution is -0.123. The lowest BCUT2D eigenvalue weighted by Crippen LogP contribution is -2.51. The summed E-state index contributed by atoms with van der Waals surface area (Å²) in [6.45, 7) is 4.96. The van der Waals surface area contributed by atoms with E-state index in [1.807, 2.05) is 22.8 Å². The normalized spacial score (nSPS) is 14.3. The SMILES string of the molecule is CC[C@@H](C)c1ccc(OCCOc2c(Br)cc(C=C3C(=O)NC(=O)NC3=O)cc2OC)cc1. The highest BCUT2D eigenvalue weighted by Crippen LogP contribution is 2.37. The predicted octanol–water partition coefficient (Wildman–Crippen LogP) is 4.18. The maximum atomic E-state index is 11.9. The zero-order valence-electron chi connectivity index (χ0n) is 18.6. The van der Waals surface area contributed by atoms with Gasteiger partial charge in [0.05, 0.1) is 11.6 Å². The van der Waals surface area contributed by atoms with E-state index in [0.717, 1.165) is 12.2 Å². The van der Waals surface area contributed by atoms with E-state index in [2.05, 4.69) is 41.9 Å². The molecule has 1 atom stereocenters. The topological polar surface area (TPSA) is 103 Å². The van der Waals surface area contributed by atoms with Crippen molar-refractivity contribution in [3.8, 4) is 17.2 Å². The number of hydrogen-bond acceptors (Lipinski definition) is 6. The van der Waals surface area contributed by atoms with Crippen LogP contribution in [0.5, 0.6) is 17.2 Å². The Morgan fingerprint density at radius 3 is 2.24 bits per heavy atom. The van der Waals surface area contributed by atoms with Crippen LogP contribution in [0.4, 0.5) is 4.79 Å². The summed E-state index contributed by atoms with van der Waals surface area (Å²) in [5, 5.41) is 4.07. The first-order chi connectivity index (χ1) is 15.8. The van der Waals surface area contributed by atoms with Gasteiger partial charge < -0.3 is 14.2 Å². The Balaban J connectivity index is 1.64. The Bertz CT molecular complexity index is 1060. The lowest BCUT2D eigenvalue weighted by atomic mass is 9.99. The number of ether oxygens (including phenoxy) is 3. The number of imide groups is 2. The van der Waals surface area contributed by atoms with Gasteiger partial charge in [0.15, 0.2) is 11.5 Å². The second-order valence-electron chi connectivity index (χ2n) is 7.40. The van der Waals surface area contributed by atoms with Crippen LogP contribution in [0.1, 0.15) is 37.3 Å². The molecule has 2 aromatic rings. The fourth-order valence-electron chi connectivity index (χ4n) is 3.17. The average molecular weight is 517 g/mol. The van der Waals surface area contributed by atoms with Crippen molar-refractivity contribution in [1.82, 2.24) is 10.6 Å². The standard InChI is InChI=1S/C24H25BrN2O6/c1-4-14(2)16-5-7-17(8-6-16)32-9-10-33-21-19(25)12-15(13-20(21)31-3)11-18-22(28)26-24(30)27-23(18)29/h5-8,11-14H,4,9-10H2,1-3H3,(H2,26,27,28,29,30)/t14-/m1/s1. The third kappa shape index (κ3) is 6.13. The van der Waals surface area contributed by atoms with E-state index in [0.29, 0.717) is 34.1 Å². The van der Waals surface area contributed by atoms with Crippen LogP contribution < -0.4 is 24.8 Å². The number of amides is 4. The molecule has 0 radical (unpaired) electrons. The van der Waals surface area contributed by atoms with Crippen molar-refractivity contribution in [3.63, 3.8) is 0 Å². The highest BCUT2D eigenvalue weighted by molar-refractivity contribution is 9.10. The lowest BCUT2D eigenvalue weighted by Gasteiger charge is -2.16. The summed E-state index contributed by atoms with van der Waals surface area (Å²) in [6.07, 6.45) is 2.45. The highest BCUT2D eigenvalue weighted by Gasteiger charge is 2.27. The number of halogens is 1. The molecule has 9 heteroatoms. The molecular formula is C24H25BrN2O6. The minimum Gasteiger partial charge on any atom is -0.493 e. The summed E-state index contributed by atoms with van der Waals surface area (Å²) >= 11 is 3.44. The molecule has 1 fully saturated rings. The summed E-state index contributed by atoms with van der Waals surface area (Å²) in [4.78, 5) is 35.1. The summed E-state index contributed by atoms with van der Waals surface area (Å²) in [5.74, 6) is 0.600. The molecule has 1 aliphatic rings. The Labute approximate surface area is 200 Å². The average Bonchev–Trinajstić information content (AvgIpc) is 2.79. The molecule has 174 valence electrons. The van der Waals surface area contributed by atoms with E-state index in [9.17, 15) is 14.4 Å². The molecule has 0 bridgehead atoms. The Morgan fingerprint density at radius 2 is 1.64 bits per heavy atom. The van der Waals surface area contributed by atoms with Gasteiger partial charge >= 0.3 is 6.03 Å². The number of hydrogen-bond donors (Lipinski definition) is 2. The molecule has 33 heavy (non-hydrogen) atoms. The van der Waals surface area contributed by atoms with E-state index < -0.39 is 17.8 Å². The van der Waals surface area contributed by atoms with Gasteiger partial charge in [-0.05, 0) is 69.7 Å². The summed E-state index contributed by atoms with van der Waals surface area (Å²) in [5.41, 5.74) is 1.60. The van der Waals surface area contributed by atoms with Crippen LogP contribution in [-0.2, 0) is 9.59 Å². The van der Waals surface area contributed by atoms with Gasteiger partial charge in [0, 0.05) is 0 Å². The van der Waals surface area contributed by atoms with E-state index in [4.69, 9.17) is 14.2 Å². The van der Waals surface area contributed by atoms with E-state index in [-0.39, 0.29) is 12.2 Å². The molecule has 4 amide bonds. The van der Waals surface area contributed by atoms with Crippen LogP contribution in [0.3, 0.4) is 0 Å². The monoisotopic (exact) mass is 516 g/mol. The molecule has 0 aromatic heterocycles. The number of urea groups is 1. The maximum Gasteiger partial charge on any atom is 0.328 e. The Morgan fingerprint density at radius 1 is 1.00 bits per heavy atom. The smallest absolute Gasteiger partial charge is 0.328 e. The van der Waals surface area contributed by atoms with Crippen LogP contribution in [0.15, 0.2) is 46.4 Å².